The number of carbonyl (C=O) groups is 2. The van der Waals surface area contributed by atoms with Gasteiger partial charge in [-0.2, -0.15) is 0 Å². The lowest BCUT2D eigenvalue weighted by molar-refractivity contribution is -0.124. The van der Waals surface area contributed by atoms with Crippen molar-refractivity contribution in [2.24, 2.45) is 11.8 Å². The van der Waals surface area contributed by atoms with Gasteiger partial charge < -0.3 is 9.80 Å². The van der Waals surface area contributed by atoms with E-state index in [-0.39, 0.29) is 11.8 Å². The molecule has 0 fully saturated rings. The maximum atomic E-state index is 15.9. The van der Waals surface area contributed by atoms with Crippen LogP contribution in [0.5, 0.6) is 0 Å². The molecule has 2 atom stereocenters. The Labute approximate surface area is 476 Å². The third-order valence-electron chi connectivity index (χ3n) is 15.1. The van der Waals surface area contributed by atoms with Crippen molar-refractivity contribution >= 4 is 107 Å². The minimum Gasteiger partial charge on any atom is -0.304 e. The van der Waals surface area contributed by atoms with Crippen LogP contribution in [0.25, 0.3) is 36.5 Å². The Hall–Kier alpha value is -3.26. The summed E-state index contributed by atoms with van der Waals surface area (Å²) in [5.74, 6) is 1.37. The van der Waals surface area contributed by atoms with E-state index in [0.29, 0.717) is 41.8 Å². The Morgan fingerprint density at radius 1 is 0.613 bits per heavy atom. The van der Waals surface area contributed by atoms with Crippen LogP contribution in [0, 0.1) is 11.8 Å². The number of allylic oxidation sites excluding steroid dienone is 4. The topological polar surface area (TPSA) is 66.4 Å². The molecule has 0 saturated heterocycles. The minimum absolute atomic E-state index is 0.0579. The molecule has 0 aromatic carbocycles. The average molecular weight is 1120 g/mol. The van der Waals surface area contributed by atoms with E-state index in [2.05, 4.69) is 82.3 Å². The monoisotopic (exact) mass is 1120 g/mol. The molecule has 3 aliphatic heterocycles. The molecule has 0 aliphatic carbocycles. The van der Waals surface area contributed by atoms with E-state index < -0.39 is 0 Å². The van der Waals surface area contributed by atoms with Crippen molar-refractivity contribution in [3.8, 4) is 9.75 Å². The Kier molecular flexibility index (Phi) is 25.3. The van der Waals surface area contributed by atoms with Crippen LogP contribution in [-0.4, -0.2) is 56.7 Å². The van der Waals surface area contributed by atoms with E-state index in [4.69, 9.17) is 9.97 Å². The maximum absolute atomic E-state index is 15.9. The second kappa shape index (κ2) is 32.0. The summed E-state index contributed by atoms with van der Waals surface area (Å²) in [6.45, 7) is 14.3. The van der Waals surface area contributed by atoms with Gasteiger partial charge in [-0.15, -0.1) is 68.9 Å². The average Bonchev–Trinajstić information content (AvgIpc) is 4.31. The number of aromatic nitrogens is 2. The summed E-state index contributed by atoms with van der Waals surface area (Å²) in [6, 6.07) is 8.81. The molecule has 406 valence electrons. The molecule has 0 N–H and O–H groups in total. The molecule has 6 nitrogen and oxygen atoms in total. The fourth-order valence-corrected chi connectivity index (χ4v) is 16.7. The van der Waals surface area contributed by atoms with Crippen LogP contribution in [-0.2, 0) is 9.59 Å². The molecule has 2 amide bonds. The molecule has 12 heteroatoms. The van der Waals surface area contributed by atoms with Crippen LogP contribution in [0.2, 0.25) is 0 Å². The lowest BCUT2D eigenvalue weighted by Crippen LogP contribution is -2.35. The van der Waals surface area contributed by atoms with Crippen molar-refractivity contribution in [3.05, 3.63) is 109 Å². The zero-order valence-corrected chi connectivity index (χ0v) is 51.0. The number of fused-ring (bicyclic) bond motifs is 1. The smallest absolute Gasteiger partial charge is 0.261 e. The molecule has 4 aromatic heterocycles. The van der Waals surface area contributed by atoms with Gasteiger partial charge in [-0.25, -0.2) is 9.97 Å². The van der Waals surface area contributed by atoms with Gasteiger partial charge >= 0.3 is 0 Å². The highest BCUT2D eigenvalue weighted by atomic mass is 32.2. The number of amides is 2. The number of thioether (sulfide) groups is 2. The molecule has 0 bridgehead atoms. The van der Waals surface area contributed by atoms with Gasteiger partial charge in [0, 0.05) is 55.7 Å². The lowest BCUT2D eigenvalue weighted by atomic mass is 9.93. The third kappa shape index (κ3) is 16.4. The van der Waals surface area contributed by atoms with Gasteiger partial charge in [0.05, 0.1) is 32.3 Å². The van der Waals surface area contributed by atoms with E-state index in [9.17, 15) is 0 Å². The van der Waals surface area contributed by atoms with Crippen LogP contribution in [0.1, 0.15) is 213 Å². The Morgan fingerprint density at radius 3 is 1.61 bits per heavy atom. The number of unbranched alkanes of at least 4 members (excludes halogenated alkanes) is 17. The Balaban J connectivity index is 1.29. The molecule has 7 rings (SSSR count). The number of thiazole rings is 2. The zero-order chi connectivity index (χ0) is 52.8. The molecule has 2 unspecified atom stereocenters. The quantitative estimate of drug-likeness (QED) is 0.0331. The standard InChI is InChI=1S/C63H86N4O2S6/c1-7-12-16-20-22-24-28-34-47(32-26-19-15-10-4)44-67-59(61-65-42-55(75-61)49(70-6)30-11-5)57-56(62(67)68)58(66(63(57)69)43-46(31-25-18-14-9-3)33-27-23-21-17-13-8-2)60-64-41-54(74-60)48-36-37-51(72-45-48)53-39-38-52(73-53)50-35-29-40-71-50/h11,29-30,35-42,46-47H,5,7-10,12-28,31-34,43-45H2,1-4,6H3/b49-30-. The summed E-state index contributed by atoms with van der Waals surface area (Å²) in [4.78, 5) is 54.5. The third-order valence-corrected chi connectivity index (χ3v) is 21.6. The minimum atomic E-state index is -0.0583. The number of carbonyl (C=O) groups excluding carboxylic acids is 2. The first-order chi connectivity index (χ1) is 36.8. The summed E-state index contributed by atoms with van der Waals surface area (Å²) < 4.78 is 0. The molecule has 0 radical (unpaired) electrons. The van der Waals surface area contributed by atoms with Gasteiger partial charge in [0.1, 0.15) is 10.0 Å². The number of hydrogen-bond donors (Lipinski definition) is 0. The van der Waals surface area contributed by atoms with Gasteiger partial charge in [-0.05, 0) is 85.1 Å². The van der Waals surface area contributed by atoms with Gasteiger partial charge in [-0.3, -0.25) is 9.59 Å². The van der Waals surface area contributed by atoms with E-state index in [1.807, 2.05) is 57.4 Å². The summed E-state index contributed by atoms with van der Waals surface area (Å²) in [5, 5.41) is 3.65. The number of hydrogen-bond acceptors (Lipinski definition) is 10. The van der Waals surface area contributed by atoms with Crippen molar-refractivity contribution in [3.63, 3.8) is 0 Å². The SMILES string of the molecule is C=C/C=C(\SC)c1cnc(C2=C3C(=O)N(CC(CCCCCC)CCCCCCCC)C(c4ncc(C5=CC=C(c6ccc(-c7cccs7)s6)SC5)s4)=C3C(=O)N2CC(CCCCCC)CCCCCCCCC)s1. The molecule has 0 saturated carbocycles. The van der Waals surface area contributed by atoms with Crippen molar-refractivity contribution in [1.29, 1.82) is 0 Å². The fourth-order valence-electron chi connectivity index (χ4n) is 10.8. The molecular weight excluding hydrogens is 1040 g/mol. The van der Waals surface area contributed by atoms with Crippen molar-refractivity contribution in [2.75, 3.05) is 25.1 Å². The van der Waals surface area contributed by atoms with E-state index in [0.717, 1.165) is 81.1 Å². The summed E-state index contributed by atoms with van der Waals surface area (Å²) in [7, 11) is 0. The molecular formula is C63H86N4O2S6. The van der Waals surface area contributed by atoms with Crippen LogP contribution in [0.3, 0.4) is 0 Å². The zero-order valence-electron chi connectivity index (χ0n) is 46.1. The highest BCUT2D eigenvalue weighted by Crippen LogP contribution is 2.50. The Bertz CT molecular complexity index is 2590. The predicted octanol–water partition coefficient (Wildman–Crippen LogP) is 20.3. The first-order valence-electron chi connectivity index (χ1n) is 28.9. The molecule has 4 aromatic rings. The largest absolute Gasteiger partial charge is 0.304 e. The van der Waals surface area contributed by atoms with Crippen LogP contribution < -0.4 is 0 Å². The van der Waals surface area contributed by atoms with E-state index in [1.165, 1.54) is 141 Å². The lowest BCUT2D eigenvalue weighted by Gasteiger charge is -2.29. The predicted molar refractivity (Wildman–Crippen MR) is 334 cm³/mol. The highest BCUT2D eigenvalue weighted by Gasteiger charge is 2.51. The molecule has 3 aliphatic rings. The van der Waals surface area contributed by atoms with Crippen molar-refractivity contribution in [1.82, 2.24) is 19.8 Å². The number of thiophene rings is 2. The van der Waals surface area contributed by atoms with Gasteiger partial charge in [0.2, 0.25) is 0 Å². The van der Waals surface area contributed by atoms with Crippen LogP contribution >= 0.6 is 68.9 Å². The van der Waals surface area contributed by atoms with Crippen LogP contribution in [0.4, 0.5) is 0 Å². The summed E-state index contributed by atoms with van der Waals surface area (Å²) in [5.41, 5.74) is 3.73. The van der Waals surface area contributed by atoms with Gasteiger partial charge in [-0.1, -0.05) is 187 Å². The van der Waals surface area contributed by atoms with E-state index in [1.54, 1.807) is 45.8 Å². The highest BCUT2D eigenvalue weighted by molar-refractivity contribution is 8.09. The molecule has 75 heavy (non-hydrogen) atoms. The number of nitrogens with zero attached hydrogens (tertiary/aromatic N) is 4. The van der Waals surface area contributed by atoms with Crippen LogP contribution in [0.15, 0.2) is 84.1 Å². The summed E-state index contributed by atoms with van der Waals surface area (Å²) >= 11 is 10.4. The summed E-state index contributed by atoms with van der Waals surface area (Å²) in [6.07, 6.45) is 44.6. The first kappa shape index (κ1) is 59.4. The van der Waals surface area contributed by atoms with Gasteiger partial charge in [0.15, 0.2) is 0 Å². The fraction of sp³-hybridized carbons (Fsp3) is 0.556. The van der Waals surface area contributed by atoms with E-state index >= 15 is 9.59 Å². The second-order valence-corrected chi connectivity index (χ2v) is 26.8. The van der Waals surface area contributed by atoms with Gasteiger partial charge in [0.25, 0.3) is 11.8 Å². The maximum Gasteiger partial charge on any atom is 0.261 e. The van der Waals surface area contributed by atoms with Crippen molar-refractivity contribution in [2.45, 2.75) is 188 Å². The first-order valence-corrected chi connectivity index (χ1v) is 34.5. The molecule has 7 heterocycles. The van der Waals surface area contributed by atoms with Crippen molar-refractivity contribution < 1.29 is 9.59 Å². The number of rotatable bonds is 37. The molecule has 0 spiro atoms. The normalized spacial score (nSPS) is 15.9. The Morgan fingerprint density at radius 2 is 1.12 bits per heavy atom. The second-order valence-electron chi connectivity index (χ2n) is 20.9.